The molecule has 1 fully saturated rings. The molecule has 170 valence electrons. The van der Waals surface area contributed by atoms with Crippen LogP contribution in [0.4, 0.5) is 17.6 Å². The Morgan fingerprint density at radius 2 is 1.91 bits per heavy atom. The zero-order valence-electron chi connectivity index (χ0n) is 18.2. The number of aromatic nitrogens is 4. The van der Waals surface area contributed by atoms with Crippen molar-refractivity contribution in [2.75, 3.05) is 46.7 Å². The predicted molar refractivity (Wildman–Crippen MR) is 128 cm³/mol. The zero-order chi connectivity index (χ0) is 22.3. The fraction of sp³-hybridized carbons (Fsp3) is 0.455. The van der Waals surface area contributed by atoms with Gasteiger partial charge < -0.3 is 20.6 Å². The molecule has 3 heterocycles. The molecule has 3 aromatic rings. The van der Waals surface area contributed by atoms with Gasteiger partial charge in [-0.3, -0.25) is 4.21 Å². The minimum atomic E-state index is -0.789. The first kappa shape index (κ1) is 22.3. The van der Waals surface area contributed by atoms with Crippen LogP contribution in [0, 0.1) is 0 Å². The van der Waals surface area contributed by atoms with Crippen molar-refractivity contribution in [3.63, 3.8) is 0 Å². The number of anilines is 3. The van der Waals surface area contributed by atoms with E-state index >= 15 is 0 Å². The molecule has 10 heteroatoms. The van der Waals surface area contributed by atoms with E-state index in [1.165, 1.54) is 6.33 Å². The third kappa shape index (κ3) is 5.31. The van der Waals surface area contributed by atoms with E-state index in [1.807, 2.05) is 18.2 Å². The second-order valence-electron chi connectivity index (χ2n) is 7.73. The molecular weight excluding hydrogens is 426 g/mol. The van der Waals surface area contributed by atoms with Gasteiger partial charge in [-0.15, -0.1) is 0 Å². The first-order valence-corrected chi connectivity index (χ1v) is 12.4. The van der Waals surface area contributed by atoms with Gasteiger partial charge in [-0.2, -0.15) is 4.98 Å². The number of benzene rings is 1. The highest BCUT2D eigenvalue weighted by molar-refractivity contribution is 7.85. The van der Waals surface area contributed by atoms with Gasteiger partial charge in [0.05, 0.1) is 0 Å². The summed E-state index contributed by atoms with van der Waals surface area (Å²) in [5.41, 5.74) is 2.45. The first-order chi connectivity index (χ1) is 15.7. The maximum absolute atomic E-state index is 11.9. The highest BCUT2D eigenvalue weighted by Crippen LogP contribution is 2.28. The number of nitrogens with one attached hydrogen (secondary N) is 2. The van der Waals surface area contributed by atoms with Crippen LogP contribution in [0.5, 0.6) is 0 Å². The summed E-state index contributed by atoms with van der Waals surface area (Å²) < 4.78 is 11.9. The Labute approximate surface area is 190 Å². The van der Waals surface area contributed by atoms with Gasteiger partial charge in [0.2, 0.25) is 5.95 Å². The molecule has 0 amide bonds. The van der Waals surface area contributed by atoms with E-state index in [2.05, 4.69) is 44.6 Å². The van der Waals surface area contributed by atoms with E-state index in [0.717, 1.165) is 17.8 Å². The molecular formula is C22H29N7O2S. The van der Waals surface area contributed by atoms with Crippen molar-refractivity contribution in [3.05, 3.63) is 42.2 Å². The minimum Gasteiger partial charge on any atom is -0.396 e. The molecule has 2 aromatic heterocycles. The number of nitrogens with zero attached hydrogens (tertiary/aromatic N) is 5. The average molecular weight is 456 g/mol. The number of hydrogen-bond donors (Lipinski definition) is 3. The Morgan fingerprint density at radius 1 is 1.12 bits per heavy atom. The van der Waals surface area contributed by atoms with Crippen LogP contribution in [0.1, 0.15) is 25.3 Å². The summed E-state index contributed by atoms with van der Waals surface area (Å²) in [7, 11) is -0.789. The summed E-state index contributed by atoms with van der Waals surface area (Å²) in [6, 6.07) is 10.2. The van der Waals surface area contributed by atoms with Crippen molar-refractivity contribution >= 4 is 39.4 Å². The van der Waals surface area contributed by atoms with Crippen molar-refractivity contribution in [3.8, 4) is 0 Å². The molecule has 0 aliphatic carbocycles. The SMILES string of the molecule is CCC(CCO)Nc1nc(N2CCS(=O)CC2)c2ncnc(NCc3ccccc3)c2n1. The van der Waals surface area contributed by atoms with E-state index in [-0.39, 0.29) is 12.6 Å². The average Bonchev–Trinajstić information content (AvgIpc) is 2.83. The Bertz CT molecular complexity index is 1060. The fourth-order valence-corrected chi connectivity index (χ4v) is 4.75. The topological polar surface area (TPSA) is 116 Å². The van der Waals surface area contributed by atoms with Crippen molar-refractivity contribution in [1.82, 2.24) is 19.9 Å². The summed E-state index contributed by atoms with van der Waals surface area (Å²) in [6.45, 7) is 4.08. The number of aliphatic hydroxyl groups excluding tert-OH is 1. The molecule has 3 N–H and O–H groups in total. The Hall–Kier alpha value is -2.85. The lowest BCUT2D eigenvalue weighted by Crippen LogP contribution is -2.38. The first-order valence-electron chi connectivity index (χ1n) is 11.0. The lowest BCUT2D eigenvalue weighted by atomic mass is 10.2. The summed E-state index contributed by atoms with van der Waals surface area (Å²) in [5.74, 6) is 3.07. The lowest BCUT2D eigenvalue weighted by Gasteiger charge is -2.28. The summed E-state index contributed by atoms with van der Waals surface area (Å²) in [5, 5.41) is 16.1. The largest absolute Gasteiger partial charge is 0.396 e. The van der Waals surface area contributed by atoms with E-state index in [1.54, 1.807) is 0 Å². The van der Waals surface area contributed by atoms with Crippen molar-refractivity contribution < 1.29 is 9.32 Å². The highest BCUT2D eigenvalue weighted by Gasteiger charge is 2.23. The zero-order valence-corrected chi connectivity index (χ0v) is 19.0. The maximum atomic E-state index is 11.9. The van der Waals surface area contributed by atoms with Gasteiger partial charge >= 0.3 is 0 Å². The van der Waals surface area contributed by atoms with Crippen molar-refractivity contribution in [1.29, 1.82) is 0 Å². The fourth-order valence-electron chi connectivity index (χ4n) is 3.69. The summed E-state index contributed by atoms with van der Waals surface area (Å²) >= 11 is 0. The van der Waals surface area contributed by atoms with Crippen LogP contribution in [0.25, 0.3) is 11.0 Å². The number of fused-ring (bicyclic) bond motifs is 1. The van der Waals surface area contributed by atoms with Gasteiger partial charge in [0.1, 0.15) is 17.4 Å². The number of rotatable bonds is 9. The third-order valence-corrected chi connectivity index (χ3v) is 6.82. The molecule has 1 unspecified atom stereocenters. The second-order valence-corrected chi connectivity index (χ2v) is 9.42. The van der Waals surface area contributed by atoms with Gasteiger partial charge in [0.25, 0.3) is 0 Å². The molecule has 1 aliphatic heterocycles. The van der Waals surface area contributed by atoms with E-state index in [0.29, 0.717) is 60.4 Å². The number of aliphatic hydroxyl groups is 1. The van der Waals surface area contributed by atoms with Gasteiger partial charge in [0, 0.05) is 54.6 Å². The Kier molecular flexibility index (Phi) is 7.43. The molecule has 9 nitrogen and oxygen atoms in total. The van der Waals surface area contributed by atoms with Crippen LogP contribution < -0.4 is 15.5 Å². The van der Waals surface area contributed by atoms with E-state index < -0.39 is 10.8 Å². The molecule has 1 saturated heterocycles. The van der Waals surface area contributed by atoms with E-state index in [4.69, 9.17) is 9.97 Å². The van der Waals surface area contributed by atoms with Crippen molar-refractivity contribution in [2.24, 2.45) is 0 Å². The Morgan fingerprint density at radius 3 is 2.62 bits per heavy atom. The molecule has 0 saturated carbocycles. The van der Waals surface area contributed by atoms with Crippen LogP contribution in [0.3, 0.4) is 0 Å². The predicted octanol–water partition coefficient (Wildman–Crippen LogP) is 2.17. The van der Waals surface area contributed by atoms with Crippen LogP contribution in [-0.4, -0.2) is 66.5 Å². The second kappa shape index (κ2) is 10.6. The van der Waals surface area contributed by atoms with Crippen LogP contribution in [0.2, 0.25) is 0 Å². The van der Waals surface area contributed by atoms with E-state index in [9.17, 15) is 9.32 Å². The van der Waals surface area contributed by atoms with Gasteiger partial charge in [0.15, 0.2) is 11.6 Å². The minimum absolute atomic E-state index is 0.0597. The van der Waals surface area contributed by atoms with Crippen LogP contribution in [-0.2, 0) is 17.3 Å². The Balaban J connectivity index is 1.71. The number of hydrogen-bond acceptors (Lipinski definition) is 9. The normalized spacial score (nSPS) is 15.6. The summed E-state index contributed by atoms with van der Waals surface area (Å²) in [4.78, 5) is 20.6. The van der Waals surface area contributed by atoms with Crippen molar-refractivity contribution in [2.45, 2.75) is 32.4 Å². The van der Waals surface area contributed by atoms with Gasteiger partial charge in [-0.05, 0) is 18.4 Å². The van der Waals surface area contributed by atoms with Crippen LogP contribution >= 0.6 is 0 Å². The lowest BCUT2D eigenvalue weighted by molar-refractivity contribution is 0.278. The molecule has 4 rings (SSSR count). The standard InChI is InChI=1S/C22H29N7O2S/c1-2-17(8-11-30)26-22-27-18-19(21(28-22)29-9-12-32(31)13-10-29)24-15-25-20(18)23-14-16-6-4-3-5-7-16/h3-7,15,17,30H,2,8-14H2,1H3,(H,23,24,25)(H,26,27,28). The molecule has 0 bridgehead atoms. The van der Waals surface area contributed by atoms with Gasteiger partial charge in [-0.1, -0.05) is 37.3 Å². The smallest absolute Gasteiger partial charge is 0.225 e. The quantitative estimate of drug-likeness (QED) is 0.446. The highest BCUT2D eigenvalue weighted by atomic mass is 32.2. The maximum Gasteiger partial charge on any atom is 0.225 e. The molecule has 0 spiro atoms. The summed E-state index contributed by atoms with van der Waals surface area (Å²) in [6.07, 6.45) is 2.98. The van der Waals surface area contributed by atoms with Crippen LogP contribution in [0.15, 0.2) is 36.7 Å². The third-order valence-electron chi connectivity index (χ3n) is 5.55. The molecule has 1 aliphatic rings. The molecule has 1 aromatic carbocycles. The van der Waals surface area contributed by atoms with Gasteiger partial charge in [-0.25, -0.2) is 15.0 Å². The molecule has 1 atom stereocenters. The monoisotopic (exact) mass is 455 g/mol. The molecule has 32 heavy (non-hydrogen) atoms. The molecule has 0 radical (unpaired) electrons.